The second-order valence-electron chi connectivity index (χ2n) is 8.08. The molecule has 3 aromatic carbocycles. The van der Waals surface area contributed by atoms with Crippen molar-refractivity contribution < 1.29 is 9.66 Å². The van der Waals surface area contributed by atoms with E-state index in [0.29, 0.717) is 22.5 Å². The maximum absolute atomic E-state index is 13.2. The molecule has 0 bridgehead atoms. The van der Waals surface area contributed by atoms with Crippen LogP contribution in [0.2, 0.25) is 0 Å². The Labute approximate surface area is 210 Å². The Kier molecular flexibility index (Phi) is 7.36. The molecule has 0 saturated carbocycles. The van der Waals surface area contributed by atoms with Crippen molar-refractivity contribution in [1.29, 1.82) is 0 Å². The molecule has 178 valence electrons. The molecule has 4 rings (SSSR count). The third-order valence-electron chi connectivity index (χ3n) is 5.64. The number of nitro groups is 1. The maximum atomic E-state index is 13.2. The van der Waals surface area contributed by atoms with E-state index in [4.69, 9.17) is 9.72 Å². The average Bonchev–Trinajstić information content (AvgIpc) is 2.87. The molecule has 4 aromatic rings. The van der Waals surface area contributed by atoms with Gasteiger partial charge in [0.15, 0.2) is 0 Å². The van der Waals surface area contributed by atoms with Crippen molar-refractivity contribution in [3.05, 3.63) is 109 Å². The zero-order valence-electron chi connectivity index (χ0n) is 19.2. The van der Waals surface area contributed by atoms with Gasteiger partial charge in [0.25, 0.3) is 11.2 Å². The summed E-state index contributed by atoms with van der Waals surface area (Å²) in [5.74, 6) is 1.32. The van der Waals surface area contributed by atoms with E-state index in [0.717, 1.165) is 22.0 Å². The lowest BCUT2D eigenvalue weighted by molar-refractivity contribution is -0.384. The van der Waals surface area contributed by atoms with Gasteiger partial charge in [-0.1, -0.05) is 29.8 Å². The number of nitro benzene ring substituents is 1. The summed E-state index contributed by atoms with van der Waals surface area (Å²) in [5.41, 5.74) is 2.10. The molecule has 0 aliphatic rings. The Balaban J connectivity index is 1.53. The van der Waals surface area contributed by atoms with Gasteiger partial charge in [-0.2, -0.15) is 9.78 Å². The van der Waals surface area contributed by atoms with Crippen molar-refractivity contribution >= 4 is 38.7 Å². The fourth-order valence-electron chi connectivity index (χ4n) is 3.43. The van der Waals surface area contributed by atoms with E-state index in [9.17, 15) is 14.9 Å². The topological polar surface area (TPSA) is 99.6 Å². The van der Waals surface area contributed by atoms with Crippen LogP contribution < -0.4 is 10.3 Å². The lowest BCUT2D eigenvalue weighted by atomic mass is 10.1. The van der Waals surface area contributed by atoms with Crippen molar-refractivity contribution in [3.63, 3.8) is 0 Å². The van der Waals surface area contributed by atoms with E-state index < -0.39 is 4.92 Å². The number of ether oxygens (including phenoxy) is 1. The molecule has 1 aromatic heterocycles. The summed E-state index contributed by atoms with van der Waals surface area (Å²) in [5, 5.41) is 15.7. The minimum Gasteiger partial charge on any atom is -0.489 e. The molecule has 0 aliphatic heterocycles. The number of halogens is 1. The summed E-state index contributed by atoms with van der Waals surface area (Å²) in [6, 6.07) is 19.0. The Morgan fingerprint density at radius 2 is 1.86 bits per heavy atom. The second kappa shape index (κ2) is 10.6. The van der Waals surface area contributed by atoms with Crippen LogP contribution in [0.1, 0.15) is 43.1 Å². The van der Waals surface area contributed by atoms with Crippen LogP contribution in [-0.4, -0.2) is 20.8 Å². The van der Waals surface area contributed by atoms with Gasteiger partial charge in [0, 0.05) is 22.5 Å². The SMILES string of the molecule is CC[C@@H](C)c1nc2ccc(Br)cc2c(=O)n1N=Cc1ccc(OCc2ccc([N+](=O)[O-])cc2)cc1. The van der Waals surface area contributed by atoms with Crippen LogP contribution in [0.5, 0.6) is 5.75 Å². The number of benzene rings is 3. The third-order valence-corrected chi connectivity index (χ3v) is 6.13. The predicted molar refractivity (Wildman–Crippen MR) is 139 cm³/mol. The van der Waals surface area contributed by atoms with Gasteiger partial charge in [0.2, 0.25) is 0 Å². The Bertz CT molecular complexity index is 1450. The molecule has 0 N–H and O–H groups in total. The van der Waals surface area contributed by atoms with Gasteiger partial charge in [0.05, 0.1) is 22.0 Å². The molecule has 1 heterocycles. The van der Waals surface area contributed by atoms with Gasteiger partial charge in [-0.3, -0.25) is 14.9 Å². The van der Waals surface area contributed by atoms with Crippen LogP contribution in [0.15, 0.2) is 81.1 Å². The summed E-state index contributed by atoms with van der Waals surface area (Å²) in [7, 11) is 0. The van der Waals surface area contributed by atoms with Gasteiger partial charge < -0.3 is 4.74 Å². The Morgan fingerprint density at radius 3 is 2.51 bits per heavy atom. The van der Waals surface area contributed by atoms with Crippen LogP contribution >= 0.6 is 15.9 Å². The van der Waals surface area contributed by atoms with Gasteiger partial charge in [0.1, 0.15) is 18.2 Å². The van der Waals surface area contributed by atoms with Crippen LogP contribution in [0.25, 0.3) is 10.9 Å². The minimum atomic E-state index is -0.433. The molecule has 0 fully saturated rings. The number of nitrogens with zero attached hydrogens (tertiary/aromatic N) is 4. The molecule has 9 heteroatoms. The van der Waals surface area contributed by atoms with E-state index in [-0.39, 0.29) is 23.8 Å². The first-order valence-electron chi connectivity index (χ1n) is 11.1. The summed E-state index contributed by atoms with van der Waals surface area (Å²) in [4.78, 5) is 28.3. The summed E-state index contributed by atoms with van der Waals surface area (Å²) >= 11 is 3.42. The highest BCUT2D eigenvalue weighted by molar-refractivity contribution is 9.10. The number of fused-ring (bicyclic) bond motifs is 1. The lowest BCUT2D eigenvalue weighted by Gasteiger charge is -2.14. The molecule has 0 aliphatic carbocycles. The molecule has 35 heavy (non-hydrogen) atoms. The van der Waals surface area contributed by atoms with Crippen LogP contribution in [0.4, 0.5) is 5.69 Å². The molecular formula is C26H23BrN4O4. The first kappa shape index (κ1) is 24.3. The van der Waals surface area contributed by atoms with Crippen molar-refractivity contribution in [2.24, 2.45) is 5.10 Å². The molecule has 1 atom stereocenters. The number of rotatable bonds is 8. The minimum absolute atomic E-state index is 0.0437. The second-order valence-corrected chi connectivity index (χ2v) is 9.00. The quantitative estimate of drug-likeness (QED) is 0.156. The monoisotopic (exact) mass is 534 g/mol. The Morgan fingerprint density at radius 1 is 1.14 bits per heavy atom. The standard InChI is InChI=1S/C26H23BrN4O4/c1-3-17(2)25-29-24-13-8-20(27)14-23(24)26(32)30(25)28-15-18-6-11-22(12-7-18)35-16-19-4-9-21(10-5-19)31(33)34/h4-15,17H,3,16H2,1-2H3/t17-/m1/s1. The first-order chi connectivity index (χ1) is 16.9. The smallest absolute Gasteiger partial charge is 0.282 e. The molecule has 0 radical (unpaired) electrons. The van der Waals surface area contributed by atoms with E-state index in [2.05, 4.69) is 21.0 Å². The van der Waals surface area contributed by atoms with Gasteiger partial charge >= 0.3 is 0 Å². The van der Waals surface area contributed by atoms with E-state index in [1.54, 1.807) is 36.5 Å². The molecular weight excluding hydrogens is 512 g/mol. The highest BCUT2D eigenvalue weighted by Gasteiger charge is 2.15. The fourth-order valence-corrected chi connectivity index (χ4v) is 3.80. The van der Waals surface area contributed by atoms with Gasteiger partial charge in [-0.25, -0.2) is 4.98 Å². The van der Waals surface area contributed by atoms with Crippen molar-refractivity contribution in [2.45, 2.75) is 32.8 Å². The highest BCUT2D eigenvalue weighted by atomic mass is 79.9. The zero-order valence-corrected chi connectivity index (χ0v) is 20.8. The third kappa shape index (κ3) is 5.63. The fraction of sp³-hybridized carbons (Fsp3) is 0.192. The maximum Gasteiger partial charge on any atom is 0.282 e. The van der Waals surface area contributed by atoms with E-state index >= 15 is 0 Å². The van der Waals surface area contributed by atoms with Crippen molar-refractivity contribution in [1.82, 2.24) is 9.66 Å². The molecule has 0 unspecified atom stereocenters. The summed E-state index contributed by atoms with van der Waals surface area (Å²) < 4.78 is 7.95. The Hall–Kier alpha value is -3.85. The number of hydrogen-bond acceptors (Lipinski definition) is 6. The van der Waals surface area contributed by atoms with Crippen LogP contribution in [0, 0.1) is 10.1 Å². The largest absolute Gasteiger partial charge is 0.489 e. The average molecular weight is 535 g/mol. The number of hydrogen-bond donors (Lipinski definition) is 0. The number of non-ortho nitro benzene ring substituents is 1. The van der Waals surface area contributed by atoms with Crippen molar-refractivity contribution in [2.75, 3.05) is 0 Å². The van der Waals surface area contributed by atoms with Crippen molar-refractivity contribution in [3.8, 4) is 5.75 Å². The number of aromatic nitrogens is 2. The first-order valence-corrected chi connectivity index (χ1v) is 11.9. The highest BCUT2D eigenvalue weighted by Crippen LogP contribution is 2.21. The van der Waals surface area contributed by atoms with E-state index in [1.807, 2.05) is 38.1 Å². The molecule has 0 spiro atoms. The van der Waals surface area contributed by atoms with Gasteiger partial charge in [-0.05, 0) is 72.1 Å². The molecule has 0 amide bonds. The zero-order chi connectivity index (χ0) is 24.9. The lowest BCUT2D eigenvalue weighted by Crippen LogP contribution is -2.23. The van der Waals surface area contributed by atoms with Crippen LogP contribution in [0.3, 0.4) is 0 Å². The molecule has 0 saturated heterocycles. The normalized spacial score (nSPS) is 12.2. The predicted octanol–water partition coefficient (Wildman–Crippen LogP) is 6.04. The van der Waals surface area contributed by atoms with Crippen LogP contribution in [-0.2, 0) is 6.61 Å². The van der Waals surface area contributed by atoms with E-state index in [1.165, 1.54) is 16.8 Å². The summed E-state index contributed by atoms with van der Waals surface area (Å²) in [6.07, 6.45) is 2.45. The molecule has 8 nitrogen and oxygen atoms in total. The van der Waals surface area contributed by atoms with Gasteiger partial charge in [-0.15, -0.1) is 0 Å². The summed E-state index contributed by atoms with van der Waals surface area (Å²) in [6.45, 7) is 4.36.